The number of hydrogen-bond donors (Lipinski definition) is 3. The monoisotopic (exact) mass is 335 g/mol. The van der Waals surface area contributed by atoms with E-state index in [2.05, 4.69) is 30.0 Å². The minimum atomic E-state index is -0.234. The Morgan fingerprint density at radius 1 is 1.17 bits per heavy atom. The van der Waals surface area contributed by atoms with E-state index < -0.39 is 0 Å². The van der Waals surface area contributed by atoms with E-state index in [1.807, 2.05) is 0 Å². The Bertz CT molecular complexity index is 547. The predicted molar refractivity (Wildman–Crippen MR) is 95.3 cm³/mol. The van der Waals surface area contributed by atoms with Gasteiger partial charge < -0.3 is 10.1 Å². The summed E-state index contributed by atoms with van der Waals surface area (Å²) in [6.45, 7) is 4.53. The number of carbonyl (C=O) groups is 1. The fraction of sp³-hybridized carbons (Fsp3) is 0.529. The van der Waals surface area contributed by atoms with Crippen molar-refractivity contribution in [1.29, 1.82) is 0 Å². The molecule has 3 N–H and O–H groups in total. The number of benzene rings is 1. The SMILES string of the molecule is COc1ccc(C(=O)NNC(=S)N[C@@H]2CCC[C@H](C)[C@H]2C)cc1. The van der Waals surface area contributed by atoms with Crippen LogP contribution in [-0.2, 0) is 0 Å². The van der Waals surface area contributed by atoms with Gasteiger partial charge in [0.2, 0.25) is 0 Å². The molecule has 0 aliphatic heterocycles. The maximum Gasteiger partial charge on any atom is 0.269 e. The van der Waals surface area contributed by atoms with E-state index in [0.29, 0.717) is 34.3 Å². The van der Waals surface area contributed by atoms with Crippen LogP contribution in [0.5, 0.6) is 5.75 Å². The first-order valence-electron chi connectivity index (χ1n) is 8.02. The Balaban J connectivity index is 1.80. The van der Waals surface area contributed by atoms with Crippen LogP contribution >= 0.6 is 12.2 Å². The quantitative estimate of drug-likeness (QED) is 0.585. The molecule has 5 nitrogen and oxygen atoms in total. The standard InChI is InChI=1S/C17H25N3O2S/c1-11-5-4-6-15(12(11)2)18-17(23)20-19-16(21)13-7-9-14(22-3)10-8-13/h7-12,15H,4-6H2,1-3H3,(H,19,21)(H2,18,20,23)/t11-,12+,15+/m0/s1. The van der Waals surface area contributed by atoms with Crippen molar-refractivity contribution in [3.05, 3.63) is 29.8 Å². The van der Waals surface area contributed by atoms with E-state index in [-0.39, 0.29) is 5.91 Å². The van der Waals surface area contributed by atoms with Gasteiger partial charge in [-0.3, -0.25) is 15.6 Å². The number of nitrogens with one attached hydrogen (secondary N) is 3. The van der Waals surface area contributed by atoms with Crippen LogP contribution < -0.4 is 20.9 Å². The molecule has 3 atom stereocenters. The van der Waals surface area contributed by atoms with E-state index in [4.69, 9.17) is 17.0 Å². The first kappa shape index (κ1) is 17.5. The molecule has 1 saturated carbocycles. The Labute approximate surface area is 143 Å². The summed E-state index contributed by atoms with van der Waals surface area (Å²) in [6, 6.07) is 7.26. The zero-order valence-corrected chi connectivity index (χ0v) is 14.7. The molecule has 0 radical (unpaired) electrons. The Hall–Kier alpha value is -1.82. The van der Waals surface area contributed by atoms with E-state index >= 15 is 0 Å². The van der Waals surface area contributed by atoms with Crippen LogP contribution in [0.25, 0.3) is 0 Å². The van der Waals surface area contributed by atoms with Crippen LogP contribution in [0.2, 0.25) is 0 Å². The van der Waals surface area contributed by atoms with Crippen LogP contribution in [0.3, 0.4) is 0 Å². The second kappa shape index (κ2) is 8.15. The minimum absolute atomic E-state index is 0.234. The van der Waals surface area contributed by atoms with Gasteiger partial charge in [-0.1, -0.05) is 26.7 Å². The molecule has 0 aromatic heterocycles. The summed E-state index contributed by atoms with van der Waals surface area (Å²) < 4.78 is 5.07. The molecule has 0 bridgehead atoms. The van der Waals surface area contributed by atoms with Crippen LogP contribution in [0.4, 0.5) is 0 Å². The number of ether oxygens (including phenoxy) is 1. The molecule has 6 heteroatoms. The normalized spacial score (nSPS) is 23.7. The molecule has 0 heterocycles. The van der Waals surface area contributed by atoms with Crippen LogP contribution in [0, 0.1) is 11.8 Å². The second-order valence-corrected chi connectivity index (χ2v) is 6.56. The molecule has 1 aromatic carbocycles. The molecule has 0 spiro atoms. The smallest absolute Gasteiger partial charge is 0.269 e. The molecule has 1 aromatic rings. The third-order valence-corrected chi connectivity index (χ3v) is 4.89. The Morgan fingerprint density at radius 3 is 2.52 bits per heavy atom. The summed E-state index contributed by atoms with van der Waals surface area (Å²) in [4.78, 5) is 12.1. The number of rotatable bonds is 3. The number of amides is 1. The molecular weight excluding hydrogens is 310 g/mol. The summed E-state index contributed by atoms with van der Waals surface area (Å²) in [5, 5.41) is 3.77. The average Bonchev–Trinajstić information content (AvgIpc) is 2.57. The highest BCUT2D eigenvalue weighted by Gasteiger charge is 2.27. The van der Waals surface area contributed by atoms with Crippen molar-refractivity contribution in [1.82, 2.24) is 16.2 Å². The first-order chi connectivity index (χ1) is 11.0. The largest absolute Gasteiger partial charge is 0.497 e. The molecule has 126 valence electrons. The van der Waals surface area contributed by atoms with Gasteiger partial charge in [0.15, 0.2) is 5.11 Å². The number of hydrazine groups is 1. The molecule has 23 heavy (non-hydrogen) atoms. The molecule has 0 saturated heterocycles. The van der Waals surface area contributed by atoms with Gasteiger partial charge in [0.1, 0.15) is 5.75 Å². The molecule has 2 rings (SSSR count). The lowest BCUT2D eigenvalue weighted by Crippen LogP contribution is -2.52. The van der Waals surface area contributed by atoms with Crippen molar-refractivity contribution in [2.45, 2.75) is 39.2 Å². The zero-order chi connectivity index (χ0) is 16.8. The number of methoxy groups -OCH3 is 1. The van der Waals surface area contributed by atoms with Gasteiger partial charge in [0.05, 0.1) is 7.11 Å². The number of hydrogen-bond acceptors (Lipinski definition) is 3. The first-order valence-corrected chi connectivity index (χ1v) is 8.43. The minimum Gasteiger partial charge on any atom is -0.497 e. The van der Waals surface area contributed by atoms with E-state index in [0.717, 1.165) is 6.42 Å². The van der Waals surface area contributed by atoms with Gasteiger partial charge in [-0.2, -0.15) is 0 Å². The van der Waals surface area contributed by atoms with Crippen molar-refractivity contribution in [2.24, 2.45) is 11.8 Å². The van der Waals surface area contributed by atoms with Gasteiger partial charge in [-0.15, -0.1) is 0 Å². The average molecular weight is 335 g/mol. The number of thiocarbonyl (C=S) groups is 1. The summed E-state index contributed by atoms with van der Waals surface area (Å²) in [6.07, 6.45) is 3.59. The van der Waals surface area contributed by atoms with Gasteiger partial charge >= 0.3 is 0 Å². The van der Waals surface area contributed by atoms with Crippen LogP contribution in [0.15, 0.2) is 24.3 Å². The lowest BCUT2D eigenvalue weighted by molar-refractivity contribution is 0.0943. The molecule has 1 amide bonds. The lowest BCUT2D eigenvalue weighted by Gasteiger charge is -2.35. The topological polar surface area (TPSA) is 62.4 Å². The molecule has 1 fully saturated rings. The Morgan fingerprint density at radius 2 is 1.87 bits per heavy atom. The van der Waals surface area contributed by atoms with E-state index in [1.165, 1.54) is 12.8 Å². The molecular formula is C17H25N3O2S. The van der Waals surface area contributed by atoms with E-state index in [1.54, 1.807) is 31.4 Å². The summed E-state index contributed by atoms with van der Waals surface area (Å²) in [5.41, 5.74) is 5.94. The van der Waals surface area contributed by atoms with Crippen molar-refractivity contribution >= 4 is 23.2 Å². The fourth-order valence-electron chi connectivity index (χ4n) is 2.92. The zero-order valence-electron chi connectivity index (χ0n) is 13.9. The predicted octanol–water partition coefficient (Wildman–Crippen LogP) is 2.63. The number of carbonyl (C=O) groups excluding carboxylic acids is 1. The second-order valence-electron chi connectivity index (χ2n) is 6.15. The fourth-order valence-corrected chi connectivity index (χ4v) is 3.12. The lowest BCUT2D eigenvalue weighted by atomic mass is 9.78. The molecule has 0 unspecified atom stereocenters. The Kier molecular flexibility index (Phi) is 6.21. The van der Waals surface area contributed by atoms with Crippen LogP contribution in [0.1, 0.15) is 43.5 Å². The maximum absolute atomic E-state index is 12.1. The van der Waals surface area contributed by atoms with Gasteiger partial charge in [-0.05, 0) is 54.7 Å². The highest BCUT2D eigenvalue weighted by atomic mass is 32.1. The van der Waals surface area contributed by atoms with Crippen molar-refractivity contribution in [3.8, 4) is 5.75 Å². The van der Waals surface area contributed by atoms with E-state index in [9.17, 15) is 4.79 Å². The highest BCUT2D eigenvalue weighted by Crippen LogP contribution is 2.29. The van der Waals surface area contributed by atoms with Crippen molar-refractivity contribution in [3.63, 3.8) is 0 Å². The third-order valence-electron chi connectivity index (χ3n) is 4.67. The molecule has 1 aliphatic rings. The summed E-state index contributed by atoms with van der Waals surface area (Å²) in [7, 11) is 1.59. The third kappa shape index (κ3) is 4.82. The van der Waals surface area contributed by atoms with Gasteiger partial charge in [-0.25, -0.2) is 0 Å². The van der Waals surface area contributed by atoms with Crippen molar-refractivity contribution < 1.29 is 9.53 Å². The highest BCUT2D eigenvalue weighted by molar-refractivity contribution is 7.80. The molecule has 1 aliphatic carbocycles. The summed E-state index contributed by atoms with van der Waals surface area (Å²) >= 11 is 5.28. The summed E-state index contributed by atoms with van der Waals surface area (Å²) in [5.74, 6) is 1.74. The maximum atomic E-state index is 12.1. The van der Waals surface area contributed by atoms with Crippen molar-refractivity contribution in [2.75, 3.05) is 7.11 Å². The van der Waals surface area contributed by atoms with Gasteiger partial charge in [0, 0.05) is 11.6 Å². The van der Waals surface area contributed by atoms with Gasteiger partial charge in [0.25, 0.3) is 5.91 Å². The van der Waals surface area contributed by atoms with Crippen LogP contribution in [-0.4, -0.2) is 24.2 Å².